The first kappa shape index (κ1) is 18.2. The Labute approximate surface area is 162 Å². The molecule has 0 N–H and O–H groups in total. The molecule has 1 amide bonds. The van der Waals surface area contributed by atoms with Crippen molar-refractivity contribution in [1.82, 2.24) is 14.9 Å². The summed E-state index contributed by atoms with van der Waals surface area (Å²) in [5, 5.41) is 0. The summed E-state index contributed by atoms with van der Waals surface area (Å²) >= 11 is 0. The third-order valence-electron chi connectivity index (χ3n) is 4.94. The lowest BCUT2D eigenvalue weighted by Gasteiger charge is -2.36. The van der Waals surface area contributed by atoms with Crippen molar-refractivity contribution < 1.29 is 13.6 Å². The minimum atomic E-state index is -0.244. The number of carbonyl (C=O) groups excluding carboxylic acids is 1. The van der Waals surface area contributed by atoms with Crippen molar-refractivity contribution in [3.05, 3.63) is 66.1 Å². The van der Waals surface area contributed by atoms with Gasteiger partial charge in [-0.25, -0.2) is 9.37 Å². The van der Waals surface area contributed by atoms with Crippen LogP contribution in [-0.2, 0) is 11.2 Å². The van der Waals surface area contributed by atoms with Crippen LogP contribution < -0.4 is 4.90 Å². The highest BCUT2D eigenvalue weighted by Crippen LogP contribution is 2.22. The van der Waals surface area contributed by atoms with Gasteiger partial charge in [-0.1, -0.05) is 0 Å². The van der Waals surface area contributed by atoms with Gasteiger partial charge in [0.05, 0.1) is 17.7 Å². The van der Waals surface area contributed by atoms with Gasteiger partial charge < -0.3 is 14.2 Å². The van der Waals surface area contributed by atoms with Crippen LogP contribution >= 0.6 is 0 Å². The third kappa shape index (κ3) is 3.88. The quantitative estimate of drug-likeness (QED) is 0.696. The number of aromatic nitrogens is 2. The number of benzene rings is 1. The normalized spacial score (nSPS) is 14.4. The molecule has 0 saturated carbocycles. The monoisotopic (exact) mass is 380 g/mol. The van der Waals surface area contributed by atoms with Crippen molar-refractivity contribution >= 4 is 11.6 Å². The van der Waals surface area contributed by atoms with Gasteiger partial charge in [0.25, 0.3) is 0 Å². The molecule has 1 aromatic carbocycles. The number of amides is 1. The van der Waals surface area contributed by atoms with Gasteiger partial charge in [-0.3, -0.25) is 9.78 Å². The molecule has 1 aliphatic heterocycles. The Bertz CT molecular complexity index is 948. The first-order valence-corrected chi connectivity index (χ1v) is 9.25. The second-order valence-corrected chi connectivity index (χ2v) is 6.78. The number of rotatable bonds is 4. The van der Waals surface area contributed by atoms with Crippen LogP contribution in [-0.4, -0.2) is 47.0 Å². The number of carbonyl (C=O) groups is 1. The molecule has 28 heavy (non-hydrogen) atoms. The second kappa shape index (κ2) is 7.80. The number of hydrogen-bond acceptors (Lipinski definition) is 5. The second-order valence-electron chi connectivity index (χ2n) is 6.78. The van der Waals surface area contributed by atoms with E-state index in [9.17, 15) is 9.18 Å². The smallest absolute Gasteiger partial charge is 0.228 e. The molecule has 0 atom stereocenters. The van der Waals surface area contributed by atoms with Gasteiger partial charge >= 0.3 is 0 Å². The van der Waals surface area contributed by atoms with E-state index >= 15 is 0 Å². The Morgan fingerprint density at radius 1 is 1.14 bits per heavy atom. The average Bonchev–Trinajstić information content (AvgIpc) is 3.10. The van der Waals surface area contributed by atoms with Crippen molar-refractivity contribution in [2.45, 2.75) is 13.3 Å². The van der Waals surface area contributed by atoms with Crippen LogP contribution in [0, 0.1) is 12.7 Å². The van der Waals surface area contributed by atoms with Crippen LogP contribution in [0.2, 0.25) is 0 Å². The molecule has 3 heterocycles. The zero-order chi connectivity index (χ0) is 19.5. The number of hydrogen-bond donors (Lipinski definition) is 0. The molecule has 1 aliphatic rings. The molecule has 1 saturated heterocycles. The Balaban J connectivity index is 1.37. The Morgan fingerprint density at radius 2 is 1.89 bits per heavy atom. The maximum absolute atomic E-state index is 13.1. The number of aryl methyl sites for hydroxylation is 1. The third-order valence-corrected chi connectivity index (χ3v) is 4.94. The van der Waals surface area contributed by atoms with E-state index in [1.165, 1.54) is 12.1 Å². The van der Waals surface area contributed by atoms with Gasteiger partial charge in [-0.05, 0) is 43.3 Å². The summed E-state index contributed by atoms with van der Waals surface area (Å²) in [6.45, 7) is 4.51. The Hall–Kier alpha value is -3.22. The van der Waals surface area contributed by atoms with Crippen molar-refractivity contribution in [1.29, 1.82) is 0 Å². The van der Waals surface area contributed by atoms with E-state index in [2.05, 4.69) is 14.9 Å². The van der Waals surface area contributed by atoms with E-state index < -0.39 is 0 Å². The van der Waals surface area contributed by atoms with E-state index in [1.54, 1.807) is 24.5 Å². The molecule has 3 aromatic rings. The summed E-state index contributed by atoms with van der Waals surface area (Å²) in [5.41, 5.74) is 2.42. The highest BCUT2D eigenvalue weighted by Gasteiger charge is 2.23. The van der Waals surface area contributed by atoms with Gasteiger partial charge in [0.2, 0.25) is 11.8 Å². The number of nitrogens with zero attached hydrogens (tertiary/aromatic N) is 4. The molecular formula is C21H21FN4O2. The number of pyridine rings is 1. The first-order chi connectivity index (χ1) is 13.6. The van der Waals surface area contributed by atoms with Crippen LogP contribution in [0.3, 0.4) is 0 Å². The van der Waals surface area contributed by atoms with Gasteiger partial charge in [-0.15, -0.1) is 0 Å². The molecule has 0 bridgehead atoms. The number of anilines is 1. The van der Waals surface area contributed by atoms with E-state index in [-0.39, 0.29) is 18.1 Å². The van der Waals surface area contributed by atoms with Gasteiger partial charge in [0, 0.05) is 44.3 Å². The fourth-order valence-corrected chi connectivity index (χ4v) is 3.33. The molecule has 4 rings (SSSR count). The first-order valence-electron chi connectivity index (χ1n) is 9.25. The molecule has 1 fully saturated rings. The summed E-state index contributed by atoms with van der Waals surface area (Å²) < 4.78 is 18.8. The van der Waals surface area contributed by atoms with Crippen LogP contribution in [0.25, 0.3) is 11.5 Å². The summed E-state index contributed by atoms with van der Waals surface area (Å²) in [7, 11) is 0. The van der Waals surface area contributed by atoms with Gasteiger partial charge in [-0.2, -0.15) is 0 Å². The molecule has 0 aliphatic carbocycles. The SMILES string of the molecule is Cc1oc(-c2cccnc2)nc1CC(=O)N1CCN(c2ccc(F)cc2)CC1. The van der Waals surface area contributed by atoms with Gasteiger partial charge in [0.15, 0.2) is 0 Å². The van der Waals surface area contributed by atoms with E-state index in [1.807, 2.05) is 24.0 Å². The Morgan fingerprint density at radius 3 is 2.57 bits per heavy atom. The summed E-state index contributed by atoms with van der Waals surface area (Å²) in [6.07, 6.45) is 3.59. The van der Waals surface area contributed by atoms with Crippen LogP contribution in [0.15, 0.2) is 53.2 Å². The van der Waals surface area contributed by atoms with Crippen LogP contribution in [0.5, 0.6) is 0 Å². The molecule has 0 unspecified atom stereocenters. The number of oxazole rings is 1. The lowest BCUT2D eigenvalue weighted by atomic mass is 10.2. The zero-order valence-corrected chi connectivity index (χ0v) is 15.6. The van der Waals surface area contributed by atoms with Crippen molar-refractivity contribution in [2.75, 3.05) is 31.1 Å². The largest absolute Gasteiger partial charge is 0.441 e. The summed E-state index contributed by atoms with van der Waals surface area (Å²) in [4.78, 5) is 25.3. The minimum Gasteiger partial charge on any atom is -0.441 e. The lowest BCUT2D eigenvalue weighted by molar-refractivity contribution is -0.130. The predicted octanol–water partition coefficient (Wildman–Crippen LogP) is 3.08. The number of piperazine rings is 1. The highest BCUT2D eigenvalue weighted by molar-refractivity contribution is 5.79. The maximum atomic E-state index is 13.1. The van der Waals surface area contributed by atoms with Gasteiger partial charge in [0.1, 0.15) is 11.6 Å². The summed E-state index contributed by atoms with van der Waals surface area (Å²) in [5.74, 6) is 0.922. The minimum absolute atomic E-state index is 0.0351. The highest BCUT2D eigenvalue weighted by atomic mass is 19.1. The molecule has 2 aromatic heterocycles. The molecule has 0 radical (unpaired) electrons. The van der Waals surface area contributed by atoms with Crippen molar-refractivity contribution in [3.63, 3.8) is 0 Å². The van der Waals surface area contributed by atoms with E-state index in [4.69, 9.17) is 4.42 Å². The maximum Gasteiger partial charge on any atom is 0.228 e. The fraction of sp³-hybridized carbons (Fsp3) is 0.286. The van der Waals surface area contributed by atoms with Crippen molar-refractivity contribution in [2.24, 2.45) is 0 Å². The van der Waals surface area contributed by atoms with E-state index in [0.29, 0.717) is 30.4 Å². The average molecular weight is 380 g/mol. The van der Waals surface area contributed by atoms with Crippen LogP contribution in [0.4, 0.5) is 10.1 Å². The van der Waals surface area contributed by atoms with Crippen molar-refractivity contribution in [3.8, 4) is 11.5 Å². The predicted molar refractivity (Wildman–Crippen MR) is 103 cm³/mol. The zero-order valence-electron chi connectivity index (χ0n) is 15.6. The molecule has 6 nitrogen and oxygen atoms in total. The molecular weight excluding hydrogens is 359 g/mol. The lowest BCUT2D eigenvalue weighted by Crippen LogP contribution is -2.49. The molecule has 144 valence electrons. The van der Waals surface area contributed by atoms with Crippen LogP contribution in [0.1, 0.15) is 11.5 Å². The number of halogens is 1. The Kier molecular flexibility index (Phi) is 5.06. The molecule has 7 heteroatoms. The fourth-order valence-electron chi connectivity index (χ4n) is 3.33. The topological polar surface area (TPSA) is 62.5 Å². The standard InChI is InChI=1S/C21H21FN4O2/c1-15-19(24-21(28-15)16-3-2-8-23-14-16)13-20(27)26-11-9-25(10-12-26)18-6-4-17(22)5-7-18/h2-8,14H,9-13H2,1H3. The summed E-state index contributed by atoms with van der Waals surface area (Å²) in [6, 6.07) is 10.1. The molecule has 0 spiro atoms. The van der Waals surface area contributed by atoms with E-state index in [0.717, 1.165) is 24.3 Å².